The fourth-order valence-electron chi connectivity index (χ4n) is 9.28. The summed E-state index contributed by atoms with van der Waals surface area (Å²) in [7, 11) is 6.79. The average Bonchev–Trinajstić information content (AvgIpc) is 3.14. The number of hydrogen-bond acceptors (Lipinski definition) is 9. The Morgan fingerprint density at radius 1 is 0.698 bits per heavy atom. The summed E-state index contributed by atoms with van der Waals surface area (Å²) in [6.07, 6.45) is 8.85. The van der Waals surface area contributed by atoms with Crippen LogP contribution >= 0.6 is 0 Å². The molecule has 0 aliphatic carbocycles. The molecule has 0 unspecified atom stereocenters. The van der Waals surface area contributed by atoms with Crippen molar-refractivity contribution in [2.24, 2.45) is 23.7 Å². The lowest BCUT2D eigenvalue weighted by Crippen LogP contribution is -2.49. The van der Waals surface area contributed by atoms with Gasteiger partial charge in [-0.15, -0.1) is 6.58 Å². The van der Waals surface area contributed by atoms with Crippen molar-refractivity contribution in [2.45, 2.75) is 97.9 Å². The number of rotatable bonds is 14. The van der Waals surface area contributed by atoms with E-state index >= 15 is 0 Å². The van der Waals surface area contributed by atoms with Crippen LogP contribution in [0.3, 0.4) is 0 Å². The Hall–Kier alpha value is -2.82. The van der Waals surface area contributed by atoms with E-state index in [4.69, 9.17) is 28.4 Å². The largest absolute Gasteiger partial charge is 0.493 e. The summed E-state index contributed by atoms with van der Waals surface area (Å²) in [5.41, 5.74) is 5.46. The molecule has 0 amide bonds. The highest BCUT2D eigenvalue weighted by Gasteiger charge is 2.41. The average molecular weight is 739 g/mol. The number of methoxy groups -OCH3 is 4. The molecule has 0 aromatic heterocycles. The van der Waals surface area contributed by atoms with Crippen LogP contribution < -0.4 is 18.9 Å². The summed E-state index contributed by atoms with van der Waals surface area (Å²) in [4.78, 5) is 5.26. The van der Waals surface area contributed by atoms with E-state index in [1.807, 2.05) is 6.08 Å². The maximum Gasteiger partial charge on any atom is 0.161 e. The van der Waals surface area contributed by atoms with Crippen LogP contribution in [0.4, 0.5) is 0 Å². The monoisotopic (exact) mass is 739 g/mol. The number of piperidine rings is 2. The van der Waals surface area contributed by atoms with Crippen LogP contribution in [-0.2, 0) is 22.3 Å². The highest BCUT2D eigenvalue weighted by Crippen LogP contribution is 2.46. The van der Waals surface area contributed by atoms with Gasteiger partial charge in [-0.1, -0.05) is 41.2 Å². The van der Waals surface area contributed by atoms with E-state index < -0.39 is 0 Å². The van der Waals surface area contributed by atoms with Crippen LogP contribution in [0.25, 0.3) is 0 Å². The zero-order valence-electron chi connectivity index (χ0n) is 33.2. The fraction of sp³-hybridized carbons (Fsp3) is 0.682. The minimum absolute atomic E-state index is 0. The Bertz CT molecular complexity index is 1450. The molecule has 4 heterocycles. The summed E-state index contributed by atoms with van der Waals surface area (Å²) < 4.78 is 34.4. The molecule has 53 heavy (non-hydrogen) atoms. The minimum Gasteiger partial charge on any atom is -0.493 e. The number of nitrogens with zero attached hydrogens (tertiary/aromatic N) is 2. The highest BCUT2D eigenvalue weighted by molar-refractivity contribution is 5.50. The molecule has 2 aromatic carbocycles. The van der Waals surface area contributed by atoms with Gasteiger partial charge >= 0.3 is 0 Å². The summed E-state index contributed by atoms with van der Waals surface area (Å²) in [5, 5.41) is 9.22. The van der Waals surface area contributed by atoms with Crippen LogP contribution in [0.2, 0.25) is 0 Å². The van der Waals surface area contributed by atoms with E-state index in [0.29, 0.717) is 49.0 Å². The third-order valence-electron chi connectivity index (χ3n) is 11.5. The van der Waals surface area contributed by atoms with Gasteiger partial charge in [0, 0.05) is 38.3 Å². The molecule has 9 nitrogen and oxygen atoms in total. The van der Waals surface area contributed by atoms with Crippen molar-refractivity contribution in [1.82, 2.24) is 9.80 Å². The van der Waals surface area contributed by atoms with Crippen molar-refractivity contribution in [3.63, 3.8) is 0 Å². The van der Waals surface area contributed by atoms with Gasteiger partial charge in [-0.2, -0.15) is 0 Å². The quantitative estimate of drug-likeness (QED) is 0.195. The lowest BCUT2D eigenvalue weighted by molar-refractivity contribution is -0.0713. The molecular weight excluding hydrogens is 668 g/mol. The van der Waals surface area contributed by atoms with Gasteiger partial charge in [0.1, 0.15) is 0 Å². The van der Waals surface area contributed by atoms with Gasteiger partial charge in [0.05, 0.1) is 60.5 Å². The molecule has 2 saturated heterocycles. The number of ether oxygens (including phenoxy) is 6. The number of fused-ring (bicyclic) bond motifs is 6. The third kappa shape index (κ3) is 10.3. The standard InChI is InChI=1S/C22H33NO3.C21H33NO4.CH4/c1-6-9-26-20-13-19-18-12-22(25-5)21(24-4)11-16(18)7-8-23(19)14-17(20)10-15(2)3;1-14(2)9-16-13-22-6-5-15-10-20(24-3)21(25-4)11-17(15)18(22)12-19(16)26-8-7-23;/h6,11-12,15,17,19-20H,1,7-10,13-14H2,2-5H3;10-11,14,16,18-19,23H,5-9,12-13H2,1-4H3;1H4/t17-,19-,20-;16-,18-,19-;/m11./s1. The molecule has 9 heteroatoms. The van der Waals surface area contributed by atoms with E-state index in [2.05, 4.69) is 68.3 Å². The van der Waals surface area contributed by atoms with Crippen LogP contribution in [0, 0.1) is 23.7 Å². The Morgan fingerprint density at radius 2 is 1.11 bits per heavy atom. The Morgan fingerprint density at radius 3 is 1.49 bits per heavy atom. The highest BCUT2D eigenvalue weighted by atomic mass is 16.5. The van der Waals surface area contributed by atoms with Crippen LogP contribution in [0.1, 0.15) is 95.1 Å². The number of aliphatic hydroxyl groups excluding tert-OH is 1. The lowest BCUT2D eigenvalue weighted by Gasteiger charge is -2.47. The van der Waals surface area contributed by atoms with Crippen molar-refractivity contribution >= 4 is 0 Å². The first-order chi connectivity index (χ1) is 25.1. The second-order valence-electron chi connectivity index (χ2n) is 15.9. The Balaban J connectivity index is 0.000000232. The Labute approximate surface area is 320 Å². The van der Waals surface area contributed by atoms with E-state index in [1.165, 1.54) is 28.7 Å². The molecule has 298 valence electrons. The second-order valence-corrected chi connectivity index (χ2v) is 15.9. The molecule has 1 N–H and O–H groups in total. The Kier molecular flexibility index (Phi) is 16.4. The maximum absolute atomic E-state index is 9.22. The van der Waals surface area contributed by atoms with Gasteiger partial charge < -0.3 is 33.5 Å². The number of aliphatic hydroxyl groups is 1. The van der Waals surface area contributed by atoms with Gasteiger partial charge in [-0.25, -0.2) is 0 Å². The first kappa shape index (κ1) is 42.9. The molecule has 4 aliphatic heterocycles. The summed E-state index contributed by atoms with van der Waals surface area (Å²) in [5.74, 6) is 5.71. The zero-order chi connectivity index (χ0) is 37.4. The van der Waals surface area contributed by atoms with Crippen molar-refractivity contribution < 1.29 is 33.5 Å². The molecular formula is C44H70N2O7. The van der Waals surface area contributed by atoms with E-state index in [-0.39, 0.29) is 26.2 Å². The van der Waals surface area contributed by atoms with Crippen LogP contribution in [-0.4, -0.2) is 102 Å². The lowest BCUT2D eigenvalue weighted by atomic mass is 9.79. The van der Waals surface area contributed by atoms with Crippen LogP contribution in [0.5, 0.6) is 23.0 Å². The first-order valence-electron chi connectivity index (χ1n) is 19.6. The predicted molar refractivity (Wildman–Crippen MR) is 214 cm³/mol. The molecule has 2 aromatic rings. The fourth-order valence-corrected chi connectivity index (χ4v) is 9.28. The molecule has 0 radical (unpaired) electrons. The van der Waals surface area contributed by atoms with Crippen molar-refractivity contribution in [3.05, 3.63) is 59.2 Å². The third-order valence-corrected chi connectivity index (χ3v) is 11.5. The molecule has 0 saturated carbocycles. The normalized spacial score (nSPS) is 25.1. The second kappa shape index (κ2) is 20.2. The molecule has 0 bridgehead atoms. The van der Waals surface area contributed by atoms with Crippen molar-refractivity contribution in [2.75, 3.05) is 74.4 Å². The topological polar surface area (TPSA) is 82.1 Å². The van der Waals surface area contributed by atoms with Gasteiger partial charge in [0.25, 0.3) is 0 Å². The molecule has 6 atom stereocenters. The van der Waals surface area contributed by atoms with Gasteiger partial charge in [0.15, 0.2) is 23.0 Å². The first-order valence-corrected chi connectivity index (χ1v) is 19.6. The number of hydrogen-bond donors (Lipinski definition) is 1. The van der Waals surface area contributed by atoms with Gasteiger partial charge in [-0.3, -0.25) is 9.80 Å². The van der Waals surface area contributed by atoms with E-state index in [9.17, 15) is 5.11 Å². The SMILES string of the molecule is C.C=CCO[C@@H]1C[C@@H]2c3cc(OC)c(OC)cc3CCN2C[C@H]1CC(C)C.COc1cc2c(cc1OC)[C@H]1C[C@@H](OCCO)[C@H](CC(C)C)CN1CC2. The molecule has 2 fully saturated rings. The van der Waals surface area contributed by atoms with Crippen LogP contribution in [0.15, 0.2) is 36.9 Å². The molecule has 6 rings (SSSR count). The van der Waals surface area contributed by atoms with Crippen molar-refractivity contribution in [3.8, 4) is 23.0 Å². The van der Waals surface area contributed by atoms with E-state index in [0.717, 1.165) is 81.3 Å². The van der Waals surface area contributed by atoms with Gasteiger partial charge in [-0.05, 0) is 109 Å². The predicted octanol–water partition coefficient (Wildman–Crippen LogP) is 7.92. The van der Waals surface area contributed by atoms with E-state index in [1.54, 1.807) is 28.4 Å². The summed E-state index contributed by atoms with van der Waals surface area (Å²) >= 11 is 0. The molecule has 0 spiro atoms. The number of benzene rings is 2. The molecule has 4 aliphatic rings. The minimum atomic E-state index is 0. The zero-order valence-corrected chi connectivity index (χ0v) is 33.2. The maximum atomic E-state index is 9.22. The van der Waals surface area contributed by atoms with Gasteiger partial charge in [0.2, 0.25) is 0 Å². The van der Waals surface area contributed by atoms with Crippen molar-refractivity contribution in [1.29, 1.82) is 0 Å². The summed E-state index contributed by atoms with van der Waals surface area (Å²) in [6, 6.07) is 9.37. The smallest absolute Gasteiger partial charge is 0.161 e. The summed E-state index contributed by atoms with van der Waals surface area (Å²) in [6.45, 7) is 18.5.